The van der Waals surface area contributed by atoms with Crippen molar-refractivity contribution < 1.29 is 24.2 Å². The van der Waals surface area contributed by atoms with E-state index in [2.05, 4.69) is 98.9 Å². The van der Waals surface area contributed by atoms with Gasteiger partial charge in [-0.15, -0.1) is 0 Å². The molecule has 0 fully saturated rings. The quantitative estimate of drug-likeness (QED) is 0.0465. The molecule has 1 N–H and O–H groups in total. The summed E-state index contributed by atoms with van der Waals surface area (Å²) >= 11 is 0. The Balaban J connectivity index is 3.69. The molecule has 0 unspecified atom stereocenters. The highest BCUT2D eigenvalue weighted by atomic mass is 16.6. The van der Waals surface area contributed by atoms with Crippen molar-refractivity contribution in [1.29, 1.82) is 0 Å². The van der Waals surface area contributed by atoms with E-state index in [1.54, 1.807) is 0 Å². The summed E-state index contributed by atoms with van der Waals surface area (Å²) < 4.78 is 10.6. The molecule has 1 atom stereocenters. The van der Waals surface area contributed by atoms with Gasteiger partial charge in [0.25, 0.3) is 0 Å². The van der Waals surface area contributed by atoms with Gasteiger partial charge in [-0.25, -0.2) is 0 Å². The van der Waals surface area contributed by atoms with E-state index < -0.39 is 6.10 Å². The summed E-state index contributed by atoms with van der Waals surface area (Å²) in [5.74, 6) is -0.649. The van der Waals surface area contributed by atoms with Crippen LogP contribution in [0.25, 0.3) is 0 Å². The first-order valence-electron chi connectivity index (χ1n) is 18.1. The first kappa shape index (κ1) is 43.1. The van der Waals surface area contributed by atoms with E-state index in [-0.39, 0.29) is 25.2 Å². The van der Waals surface area contributed by atoms with Crippen molar-refractivity contribution in [2.75, 3.05) is 13.2 Å². The highest BCUT2D eigenvalue weighted by Gasteiger charge is 2.16. The van der Waals surface area contributed by atoms with Gasteiger partial charge in [-0.2, -0.15) is 0 Å². The normalized spacial score (nSPS) is 13.2. The summed E-state index contributed by atoms with van der Waals surface area (Å²) in [5, 5.41) is 9.53. The Hall–Kier alpha value is -2.92. The van der Waals surface area contributed by atoms with Gasteiger partial charge in [-0.05, 0) is 83.5 Å². The fourth-order valence-corrected chi connectivity index (χ4v) is 4.50. The van der Waals surface area contributed by atoms with Crippen LogP contribution in [0.1, 0.15) is 142 Å². The Labute approximate surface area is 282 Å². The summed E-state index contributed by atoms with van der Waals surface area (Å²) in [6.07, 6.45) is 49.2. The molecule has 0 heterocycles. The molecule has 0 aliphatic carbocycles. The molecular weight excluding hydrogens is 572 g/mol. The minimum absolute atomic E-state index is 0.0904. The number of unbranched alkanes of at least 4 members (excludes halogenated alkanes) is 9. The standard InChI is InChI=1S/C41H66O5/c1-3-5-7-9-11-13-15-17-19-20-22-24-26-28-30-32-34-36-41(44)46-39(37-42)38-45-40(43)35-33-31-29-27-25-23-21-18-16-14-12-10-8-6-4-2/h5-8,11-14,17-19,21-22,24,39,42H,3-4,9-10,15-16,20,23,25-38H2,1-2H3/b7-5-,8-6-,13-11-,14-12-,19-17-,21-18-,24-22-/t39-/m0/s1. The van der Waals surface area contributed by atoms with Crippen LogP contribution < -0.4 is 0 Å². The van der Waals surface area contributed by atoms with Gasteiger partial charge in [0.05, 0.1) is 6.61 Å². The molecule has 0 amide bonds. The summed E-state index contributed by atoms with van der Waals surface area (Å²) in [6.45, 7) is 3.85. The average Bonchev–Trinajstić information content (AvgIpc) is 3.06. The van der Waals surface area contributed by atoms with Gasteiger partial charge < -0.3 is 14.6 Å². The topological polar surface area (TPSA) is 72.8 Å². The zero-order valence-electron chi connectivity index (χ0n) is 29.3. The van der Waals surface area contributed by atoms with Crippen LogP contribution in [-0.2, 0) is 19.1 Å². The number of aliphatic hydroxyl groups excluding tert-OH is 1. The molecule has 0 aliphatic heterocycles. The second-order valence-corrected chi connectivity index (χ2v) is 11.5. The minimum atomic E-state index is -0.795. The monoisotopic (exact) mass is 638 g/mol. The lowest BCUT2D eigenvalue weighted by atomic mass is 10.1. The highest BCUT2D eigenvalue weighted by molar-refractivity contribution is 5.70. The molecule has 0 saturated heterocycles. The largest absolute Gasteiger partial charge is 0.462 e. The van der Waals surface area contributed by atoms with E-state index in [1.807, 2.05) is 0 Å². The molecule has 0 aliphatic rings. The van der Waals surface area contributed by atoms with Crippen molar-refractivity contribution in [1.82, 2.24) is 0 Å². The Kier molecular flexibility index (Phi) is 34.2. The summed E-state index contributed by atoms with van der Waals surface area (Å²) in [5.41, 5.74) is 0. The number of ether oxygens (including phenoxy) is 2. The van der Waals surface area contributed by atoms with E-state index in [4.69, 9.17) is 9.47 Å². The van der Waals surface area contributed by atoms with E-state index in [1.165, 1.54) is 6.42 Å². The van der Waals surface area contributed by atoms with Gasteiger partial charge in [0.15, 0.2) is 6.10 Å². The molecule has 0 rings (SSSR count). The molecule has 46 heavy (non-hydrogen) atoms. The van der Waals surface area contributed by atoms with Crippen LogP contribution >= 0.6 is 0 Å². The predicted molar refractivity (Wildman–Crippen MR) is 196 cm³/mol. The molecule has 0 aromatic carbocycles. The number of allylic oxidation sites excluding steroid dienone is 14. The summed E-state index contributed by atoms with van der Waals surface area (Å²) in [6, 6.07) is 0. The van der Waals surface area contributed by atoms with Crippen LogP contribution in [0.5, 0.6) is 0 Å². The van der Waals surface area contributed by atoms with Crippen LogP contribution in [0.4, 0.5) is 0 Å². The van der Waals surface area contributed by atoms with Gasteiger partial charge in [0.1, 0.15) is 6.61 Å². The van der Waals surface area contributed by atoms with E-state index >= 15 is 0 Å². The van der Waals surface area contributed by atoms with Crippen molar-refractivity contribution >= 4 is 11.9 Å². The van der Waals surface area contributed by atoms with E-state index in [0.29, 0.717) is 12.8 Å². The van der Waals surface area contributed by atoms with Crippen LogP contribution in [0.15, 0.2) is 85.1 Å². The second kappa shape index (κ2) is 36.5. The third-order valence-corrected chi connectivity index (χ3v) is 7.18. The Bertz CT molecular complexity index is 906. The molecule has 0 aromatic heterocycles. The maximum atomic E-state index is 12.1. The number of hydrogen-bond acceptors (Lipinski definition) is 5. The molecule has 260 valence electrons. The van der Waals surface area contributed by atoms with Gasteiger partial charge in [-0.3, -0.25) is 9.59 Å². The third-order valence-electron chi connectivity index (χ3n) is 7.18. The van der Waals surface area contributed by atoms with Crippen molar-refractivity contribution in [3.8, 4) is 0 Å². The van der Waals surface area contributed by atoms with Crippen molar-refractivity contribution in [3.63, 3.8) is 0 Å². The van der Waals surface area contributed by atoms with Crippen LogP contribution in [-0.4, -0.2) is 36.4 Å². The molecule has 0 aromatic rings. The predicted octanol–water partition coefficient (Wildman–Crippen LogP) is 11.2. The number of rotatable bonds is 31. The van der Waals surface area contributed by atoms with Crippen LogP contribution in [0, 0.1) is 0 Å². The molecule has 0 spiro atoms. The molecule has 5 heteroatoms. The minimum Gasteiger partial charge on any atom is -0.462 e. The number of esters is 2. The van der Waals surface area contributed by atoms with Crippen molar-refractivity contribution in [2.45, 2.75) is 148 Å². The Morgan fingerprint density at radius 1 is 0.500 bits per heavy atom. The highest BCUT2D eigenvalue weighted by Crippen LogP contribution is 2.10. The van der Waals surface area contributed by atoms with Crippen LogP contribution in [0.3, 0.4) is 0 Å². The molecule has 5 nitrogen and oxygen atoms in total. The molecule has 0 saturated carbocycles. The molecule has 0 bridgehead atoms. The van der Waals surface area contributed by atoms with Gasteiger partial charge in [0, 0.05) is 12.8 Å². The zero-order chi connectivity index (χ0) is 33.6. The summed E-state index contributed by atoms with van der Waals surface area (Å²) in [7, 11) is 0. The van der Waals surface area contributed by atoms with Crippen molar-refractivity contribution in [2.24, 2.45) is 0 Å². The van der Waals surface area contributed by atoms with E-state index in [0.717, 1.165) is 109 Å². The van der Waals surface area contributed by atoms with Gasteiger partial charge in [0.2, 0.25) is 0 Å². The number of aliphatic hydroxyl groups is 1. The SMILES string of the molecule is CC/C=C\C/C=C\C/C=C\C/C=C\CCCCCCC(=O)O[C@@H](CO)COC(=O)CCCCCCC/C=C\C/C=C\C/C=C\CC. The number of hydrogen-bond donors (Lipinski definition) is 1. The second-order valence-electron chi connectivity index (χ2n) is 11.5. The number of carbonyl (C=O) groups excluding carboxylic acids is 2. The lowest BCUT2D eigenvalue weighted by Crippen LogP contribution is -2.28. The van der Waals surface area contributed by atoms with Crippen LogP contribution in [0.2, 0.25) is 0 Å². The maximum Gasteiger partial charge on any atom is 0.306 e. The smallest absolute Gasteiger partial charge is 0.306 e. The van der Waals surface area contributed by atoms with Gasteiger partial charge >= 0.3 is 11.9 Å². The lowest BCUT2D eigenvalue weighted by Gasteiger charge is -2.15. The van der Waals surface area contributed by atoms with Gasteiger partial charge in [-0.1, -0.05) is 131 Å². The lowest BCUT2D eigenvalue weighted by molar-refractivity contribution is -0.161. The fraction of sp³-hybridized carbons (Fsp3) is 0.610. The zero-order valence-corrected chi connectivity index (χ0v) is 29.3. The fourth-order valence-electron chi connectivity index (χ4n) is 4.50. The first-order valence-corrected chi connectivity index (χ1v) is 18.1. The van der Waals surface area contributed by atoms with E-state index in [9.17, 15) is 14.7 Å². The third kappa shape index (κ3) is 34.0. The first-order chi connectivity index (χ1) is 22.6. The Morgan fingerprint density at radius 2 is 0.870 bits per heavy atom. The van der Waals surface area contributed by atoms with Crippen molar-refractivity contribution in [3.05, 3.63) is 85.1 Å². The average molecular weight is 639 g/mol. The summed E-state index contributed by atoms with van der Waals surface area (Å²) in [4.78, 5) is 24.2. The number of carbonyl (C=O) groups is 2. The molecule has 0 radical (unpaired) electrons. The maximum absolute atomic E-state index is 12.1. The Morgan fingerprint density at radius 3 is 1.30 bits per heavy atom. The molecular formula is C41H66O5.